The molecule has 0 spiro atoms. The van der Waals surface area contributed by atoms with Crippen LogP contribution in [0.1, 0.15) is 38.3 Å². The minimum absolute atomic E-state index is 0.105. The fourth-order valence-corrected chi connectivity index (χ4v) is 3.03. The lowest BCUT2D eigenvalue weighted by atomic mass is 10.0. The summed E-state index contributed by atoms with van der Waals surface area (Å²) >= 11 is 1.69. The van der Waals surface area contributed by atoms with Crippen molar-refractivity contribution in [2.75, 3.05) is 6.54 Å². The van der Waals surface area contributed by atoms with Crippen molar-refractivity contribution >= 4 is 17.2 Å². The largest absolute Gasteiger partial charge is 0.334 e. The van der Waals surface area contributed by atoms with Crippen molar-refractivity contribution in [3.8, 4) is 0 Å². The molecule has 1 aromatic rings. The number of nitrogens with zero attached hydrogens (tertiary/aromatic N) is 1. The van der Waals surface area contributed by atoms with Crippen molar-refractivity contribution < 1.29 is 4.79 Å². The summed E-state index contributed by atoms with van der Waals surface area (Å²) in [5.74, 6) is 0.305. The lowest BCUT2D eigenvalue weighted by Crippen LogP contribution is -2.46. The van der Waals surface area contributed by atoms with E-state index in [4.69, 9.17) is 5.73 Å². The maximum Gasteiger partial charge on any atom is 0.240 e. The molecule has 1 saturated heterocycles. The van der Waals surface area contributed by atoms with Crippen molar-refractivity contribution in [1.29, 1.82) is 0 Å². The van der Waals surface area contributed by atoms with E-state index in [0.29, 0.717) is 0 Å². The molecule has 1 aliphatic rings. The molecule has 0 bridgehead atoms. The zero-order chi connectivity index (χ0) is 12.4. The Hall–Kier alpha value is -0.870. The normalized spacial score (nSPS) is 22.1. The Morgan fingerprint density at radius 1 is 1.59 bits per heavy atom. The fourth-order valence-electron chi connectivity index (χ4n) is 2.32. The second-order valence-corrected chi connectivity index (χ2v) is 5.80. The van der Waals surface area contributed by atoms with Crippen LogP contribution in [0.15, 0.2) is 16.8 Å². The zero-order valence-corrected chi connectivity index (χ0v) is 11.2. The quantitative estimate of drug-likeness (QED) is 0.898. The molecule has 1 aliphatic heterocycles. The van der Waals surface area contributed by atoms with Crippen molar-refractivity contribution in [3.63, 3.8) is 0 Å². The summed E-state index contributed by atoms with van der Waals surface area (Å²) in [4.78, 5) is 14.3. The van der Waals surface area contributed by atoms with Crippen molar-refractivity contribution in [3.05, 3.63) is 22.4 Å². The minimum atomic E-state index is -0.366. The van der Waals surface area contributed by atoms with Gasteiger partial charge in [-0.25, -0.2) is 0 Å². The summed E-state index contributed by atoms with van der Waals surface area (Å²) in [6.07, 6.45) is 2.14. The van der Waals surface area contributed by atoms with Crippen LogP contribution in [0.25, 0.3) is 0 Å². The Bertz CT molecular complexity index is 375. The topological polar surface area (TPSA) is 46.3 Å². The van der Waals surface area contributed by atoms with E-state index >= 15 is 0 Å². The van der Waals surface area contributed by atoms with Gasteiger partial charge in [-0.15, -0.1) is 0 Å². The molecule has 94 valence electrons. The summed E-state index contributed by atoms with van der Waals surface area (Å²) in [6.45, 7) is 4.84. The fraction of sp³-hybridized carbons (Fsp3) is 0.615. The lowest BCUT2D eigenvalue weighted by Gasteiger charge is -2.28. The number of likely N-dealkylation sites (tertiary alicyclic amines) is 1. The van der Waals surface area contributed by atoms with Crippen LogP contribution in [0.4, 0.5) is 0 Å². The van der Waals surface area contributed by atoms with Gasteiger partial charge in [0.15, 0.2) is 0 Å². The highest BCUT2D eigenvalue weighted by atomic mass is 32.1. The summed E-state index contributed by atoms with van der Waals surface area (Å²) in [5, 5.41) is 4.20. The summed E-state index contributed by atoms with van der Waals surface area (Å²) in [6, 6.07) is 2.00. The second-order valence-electron chi connectivity index (χ2n) is 5.02. The standard InChI is InChI=1S/C13H20N2OS/c1-9(2)12(14)13(16)15-6-3-4-11(15)10-5-7-17-8-10/h5,7-9,11-12H,3-4,6,14H2,1-2H3/t11?,12-/m1/s1. The number of rotatable bonds is 3. The van der Waals surface area contributed by atoms with Gasteiger partial charge >= 0.3 is 0 Å². The number of hydrogen-bond donors (Lipinski definition) is 1. The smallest absolute Gasteiger partial charge is 0.240 e. The molecule has 1 unspecified atom stereocenters. The first-order chi connectivity index (χ1) is 8.11. The highest BCUT2D eigenvalue weighted by Gasteiger charge is 2.33. The van der Waals surface area contributed by atoms with E-state index in [2.05, 4.69) is 16.8 Å². The molecule has 1 fully saturated rings. The van der Waals surface area contributed by atoms with Crippen molar-refractivity contribution in [1.82, 2.24) is 4.90 Å². The van der Waals surface area contributed by atoms with Crippen LogP contribution in [0.5, 0.6) is 0 Å². The van der Waals surface area contributed by atoms with Gasteiger partial charge in [-0.3, -0.25) is 4.79 Å². The van der Waals surface area contributed by atoms with E-state index in [1.54, 1.807) is 11.3 Å². The molecule has 4 heteroatoms. The summed E-state index contributed by atoms with van der Waals surface area (Å²) in [5.41, 5.74) is 7.23. The number of carbonyl (C=O) groups is 1. The van der Waals surface area contributed by atoms with Gasteiger partial charge in [0, 0.05) is 6.54 Å². The Labute approximate surface area is 107 Å². The predicted molar refractivity (Wildman–Crippen MR) is 70.8 cm³/mol. The molecule has 2 atom stereocenters. The van der Waals surface area contributed by atoms with E-state index in [9.17, 15) is 4.79 Å². The first kappa shape index (κ1) is 12.6. The Kier molecular flexibility index (Phi) is 3.84. The van der Waals surface area contributed by atoms with Crippen LogP contribution in [0, 0.1) is 5.92 Å². The summed E-state index contributed by atoms with van der Waals surface area (Å²) in [7, 11) is 0. The Morgan fingerprint density at radius 3 is 2.94 bits per heavy atom. The number of hydrogen-bond acceptors (Lipinski definition) is 3. The van der Waals surface area contributed by atoms with Gasteiger partial charge in [-0.05, 0) is 41.1 Å². The van der Waals surface area contributed by atoms with Crippen LogP contribution in [-0.2, 0) is 4.79 Å². The van der Waals surface area contributed by atoms with E-state index in [1.165, 1.54) is 5.56 Å². The van der Waals surface area contributed by atoms with Crippen LogP contribution < -0.4 is 5.73 Å². The first-order valence-electron chi connectivity index (χ1n) is 6.19. The molecule has 0 saturated carbocycles. The van der Waals surface area contributed by atoms with Gasteiger partial charge in [0.25, 0.3) is 0 Å². The molecule has 17 heavy (non-hydrogen) atoms. The average Bonchev–Trinajstić information content (AvgIpc) is 2.96. The first-order valence-corrected chi connectivity index (χ1v) is 7.13. The van der Waals surface area contributed by atoms with E-state index in [0.717, 1.165) is 19.4 Å². The molecular formula is C13H20N2OS. The van der Waals surface area contributed by atoms with Crippen LogP contribution in [0.3, 0.4) is 0 Å². The molecule has 1 aromatic heterocycles. The molecule has 0 radical (unpaired) electrons. The SMILES string of the molecule is CC(C)[C@@H](N)C(=O)N1CCCC1c1ccsc1. The number of amides is 1. The number of nitrogens with two attached hydrogens (primary N) is 1. The third-order valence-corrected chi connectivity index (χ3v) is 4.17. The highest BCUT2D eigenvalue weighted by molar-refractivity contribution is 7.07. The van der Waals surface area contributed by atoms with Crippen LogP contribution >= 0.6 is 11.3 Å². The molecule has 2 rings (SSSR count). The molecule has 2 heterocycles. The summed E-state index contributed by atoms with van der Waals surface area (Å²) < 4.78 is 0. The maximum atomic E-state index is 12.3. The number of carbonyl (C=O) groups excluding carboxylic acids is 1. The number of thiophene rings is 1. The third-order valence-electron chi connectivity index (χ3n) is 3.47. The molecule has 0 aliphatic carbocycles. The average molecular weight is 252 g/mol. The molecular weight excluding hydrogens is 232 g/mol. The van der Waals surface area contributed by atoms with Gasteiger partial charge in [-0.2, -0.15) is 11.3 Å². The van der Waals surface area contributed by atoms with Gasteiger partial charge in [0.1, 0.15) is 0 Å². The van der Waals surface area contributed by atoms with E-state index in [1.807, 2.05) is 18.7 Å². The molecule has 1 amide bonds. The van der Waals surface area contributed by atoms with Crippen molar-refractivity contribution in [2.45, 2.75) is 38.8 Å². The third kappa shape index (κ3) is 2.53. The predicted octanol–water partition coefficient (Wildman–Crippen LogP) is 2.39. The van der Waals surface area contributed by atoms with Crippen molar-refractivity contribution in [2.24, 2.45) is 11.7 Å². The second kappa shape index (κ2) is 5.19. The maximum absolute atomic E-state index is 12.3. The van der Waals surface area contributed by atoms with Crippen LogP contribution in [-0.4, -0.2) is 23.4 Å². The van der Waals surface area contributed by atoms with Gasteiger partial charge in [0.05, 0.1) is 12.1 Å². The monoisotopic (exact) mass is 252 g/mol. The highest BCUT2D eigenvalue weighted by Crippen LogP contribution is 2.33. The van der Waals surface area contributed by atoms with Gasteiger partial charge < -0.3 is 10.6 Å². The molecule has 0 aromatic carbocycles. The Morgan fingerprint density at radius 2 is 2.35 bits per heavy atom. The minimum Gasteiger partial charge on any atom is -0.334 e. The zero-order valence-electron chi connectivity index (χ0n) is 10.4. The van der Waals surface area contributed by atoms with Crippen LogP contribution in [0.2, 0.25) is 0 Å². The van der Waals surface area contributed by atoms with Gasteiger partial charge in [0.2, 0.25) is 5.91 Å². The van der Waals surface area contributed by atoms with Gasteiger partial charge in [-0.1, -0.05) is 13.8 Å². The molecule has 3 nitrogen and oxygen atoms in total. The molecule has 2 N–H and O–H groups in total. The van der Waals surface area contributed by atoms with E-state index in [-0.39, 0.29) is 23.9 Å². The Balaban J connectivity index is 2.12. The van der Waals surface area contributed by atoms with E-state index < -0.39 is 0 Å². The lowest BCUT2D eigenvalue weighted by molar-refractivity contribution is -0.134.